The third kappa shape index (κ3) is 6.69. The Bertz CT molecular complexity index is 690. The molecule has 1 aromatic heterocycles. The van der Waals surface area contributed by atoms with Crippen LogP contribution in [0.25, 0.3) is 0 Å². The highest BCUT2D eigenvalue weighted by molar-refractivity contribution is 7.10. The summed E-state index contributed by atoms with van der Waals surface area (Å²) in [6.45, 7) is 11.2. The average Bonchev–Trinajstić information content (AvgIpc) is 3.18. The number of aliphatic imine (C=N–C) groups is 1. The van der Waals surface area contributed by atoms with Crippen LogP contribution >= 0.6 is 11.3 Å². The van der Waals surface area contributed by atoms with Gasteiger partial charge in [-0.05, 0) is 29.3 Å². The SMILES string of the molecule is CN=C(NCCC(=O)N1CCc2sccc2C1)NCC1CN(CC(C)C)CCO1. The summed E-state index contributed by atoms with van der Waals surface area (Å²) in [7, 11) is 1.76. The quantitative estimate of drug-likeness (QED) is 0.516. The molecular weight excluding hydrogens is 386 g/mol. The molecule has 0 aliphatic carbocycles. The van der Waals surface area contributed by atoms with Gasteiger partial charge in [0.25, 0.3) is 0 Å². The normalized spacial score (nSPS) is 20.6. The van der Waals surface area contributed by atoms with E-state index < -0.39 is 0 Å². The van der Waals surface area contributed by atoms with E-state index in [9.17, 15) is 4.79 Å². The Labute approximate surface area is 178 Å². The van der Waals surface area contributed by atoms with E-state index in [1.54, 1.807) is 18.4 Å². The number of hydrogen-bond donors (Lipinski definition) is 2. The summed E-state index contributed by atoms with van der Waals surface area (Å²) in [5, 5.41) is 8.72. The van der Waals surface area contributed by atoms with Gasteiger partial charge in [0.15, 0.2) is 5.96 Å². The monoisotopic (exact) mass is 421 g/mol. The molecule has 0 bridgehead atoms. The van der Waals surface area contributed by atoms with Crippen LogP contribution in [0.2, 0.25) is 0 Å². The standard InChI is InChI=1S/C21H35N5O2S/c1-16(2)13-25-9-10-28-18(15-25)12-24-21(22-3)23-7-4-20(27)26-8-5-19-17(14-26)6-11-29-19/h6,11,16,18H,4-5,7-10,12-15H2,1-3H3,(H2,22,23,24). The van der Waals surface area contributed by atoms with Crippen LogP contribution < -0.4 is 10.6 Å². The molecule has 162 valence electrons. The summed E-state index contributed by atoms with van der Waals surface area (Å²) in [5.74, 6) is 1.59. The summed E-state index contributed by atoms with van der Waals surface area (Å²) in [6, 6.07) is 2.14. The molecule has 1 fully saturated rings. The second-order valence-corrected chi connectivity index (χ2v) is 9.21. The van der Waals surface area contributed by atoms with Crippen LogP contribution in [0.1, 0.15) is 30.7 Å². The molecule has 1 saturated heterocycles. The van der Waals surface area contributed by atoms with E-state index in [1.165, 1.54) is 10.4 Å². The molecule has 0 radical (unpaired) electrons. The van der Waals surface area contributed by atoms with Crippen LogP contribution in [0.5, 0.6) is 0 Å². The summed E-state index contributed by atoms with van der Waals surface area (Å²) in [4.78, 5) is 22.7. The molecule has 3 heterocycles. The van der Waals surface area contributed by atoms with Gasteiger partial charge in [-0.2, -0.15) is 0 Å². The number of nitrogens with zero attached hydrogens (tertiary/aromatic N) is 3. The molecule has 8 heteroatoms. The minimum Gasteiger partial charge on any atom is -0.374 e. The molecule has 0 saturated carbocycles. The fraction of sp³-hybridized carbons (Fsp3) is 0.714. The van der Waals surface area contributed by atoms with E-state index in [-0.39, 0.29) is 12.0 Å². The number of carbonyl (C=O) groups excluding carboxylic acids is 1. The minimum absolute atomic E-state index is 0.163. The fourth-order valence-corrected chi connectivity index (χ4v) is 4.81. The predicted molar refractivity (Wildman–Crippen MR) is 118 cm³/mol. The molecule has 1 unspecified atom stereocenters. The van der Waals surface area contributed by atoms with Crippen molar-refractivity contribution in [2.75, 3.05) is 52.9 Å². The summed E-state index contributed by atoms with van der Waals surface area (Å²) in [6.07, 6.45) is 1.61. The van der Waals surface area contributed by atoms with Crippen LogP contribution in [0.4, 0.5) is 0 Å². The van der Waals surface area contributed by atoms with Crippen molar-refractivity contribution in [2.24, 2.45) is 10.9 Å². The van der Waals surface area contributed by atoms with Crippen LogP contribution in [0, 0.1) is 5.92 Å². The molecule has 2 aliphatic heterocycles. The number of guanidine groups is 1. The van der Waals surface area contributed by atoms with Crippen LogP contribution in [0.3, 0.4) is 0 Å². The zero-order chi connectivity index (χ0) is 20.6. The van der Waals surface area contributed by atoms with Crippen molar-refractivity contribution in [3.8, 4) is 0 Å². The van der Waals surface area contributed by atoms with E-state index in [0.717, 1.165) is 58.3 Å². The zero-order valence-electron chi connectivity index (χ0n) is 17.9. The molecule has 2 aliphatic rings. The molecule has 1 aromatic rings. The van der Waals surface area contributed by atoms with E-state index in [0.29, 0.717) is 18.9 Å². The molecular formula is C21H35N5O2S. The fourth-order valence-electron chi connectivity index (χ4n) is 3.92. The molecule has 0 aromatic carbocycles. The predicted octanol–water partition coefficient (Wildman–Crippen LogP) is 1.54. The van der Waals surface area contributed by atoms with Crippen LogP contribution in [-0.4, -0.2) is 80.7 Å². The third-order valence-electron chi connectivity index (χ3n) is 5.36. The Balaban J connectivity index is 1.35. The third-order valence-corrected chi connectivity index (χ3v) is 6.38. The first-order valence-electron chi connectivity index (χ1n) is 10.7. The lowest BCUT2D eigenvalue weighted by Gasteiger charge is -2.34. The van der Waals surface area contributed by atoms with Gasteiger partial charge in [-0.3, -0.25) is 14.7 Å². The van der Waals surface area contributed by atoms with Gasteiger partial charge < -0.3 is 20.3 Å². The number of hydrogen-bond acceptors (Lipinski definition) is 5. The van der Waals surface area contributed by atoms with Crippen molar-refractivity contribution >= 4 is 23.2 Å². The molecule has 7 nitrogen and oxygen atoms in total. The molecule has 0 spiro atoms. The van der Waals surface area contributed by atoms with Gasteiger partial charge in [-0.15, -0.1) is 11.3 Å². The number of fused-ring (bicyclic) bond motifs is 1. The average molecular weight is 422 g/mol. The van der Waals surface area contributed by atoms with Crippen molar-refractivity contribution < 1.29 is 9.53 Å². The number of rotatable bonds is 7. The maximum absolute atomic E-state index is 12.5. The summed E-state index contributed by atoms with van der Waals surface area (Å²) >= 11 is 1.80. The molecule has 2 N–H and O–H groups in total. The largest absolute Gasteiger partial charge is 0.374 e. The Kier molecular flexibility index (Phi) is 8.32. The lowest BCUT2D eigenvalue weighted by atomic mass is 10.1. The molecule has 1 amide bonds. The van der Waals surface area contributed by atoms with Crippen molar-refractivity contribution in [3.05, 3.63) is 21.9 Å². The number of morpholine rings is 1. The topological polar surface area (TPSA) is 69.2 Å². The Morgan fingerprint density at radius 3 is 3.03 bits per heavy atom. The van der Waals surface area contributed by atoms with E-state index in [1.807, 2.05) is 4.90 Å². The van der Waals surface area contributed by atoms with Crippen molar-refractivity contribution in [2.45, 2.75) is 39.3 Å². The van der Waals surface area contributed by atoms with E-state index in [2.05, 4.69) is 45.8 Å². The minimum atomic E-state index is 0.163. The Hall–Kier alpha value is -1.64. The van der Waals surface area contributed by atoms with Gasteiger partial charge in [0, 0.05) is 64.2 Å². The van der Waals surface area contributed by atoms with Gasteiger partial charge in [0.1, 0.15) is 0 Å². The second kappa shape index (κ2) is 10.9. The molecule has 29 heavy (non-hydrogen) atoms. The van der Waals surface area contributed by atoms with E-state index in [4.69, 9.17) is 4.74 Å². The number of carbonyl (C=O) groups is 1. The number of amides is 1. The van der Waals surface area contributed by atoms with Crippen molar-refractivity contribution in [1.82, 2.24) is 20.4 Å². The lowest BCUT2D eigenvalue weighted by Crippen LogP contribution is -2.50. The van der Waals surface area contributed by atoms with Crippen molar-refractivity contribution in [3.63, 3.8) is 0 Å². The van der Waals surface area contributed by atoms with Crippen LogP contribution in [-0.2, 0) is 22.5 Å². The lowest BCUT2D eigenvalue weighted by molar-refractivity contribution is -0.131. The molecule has 1 atom stereocenters. The first-order valence-corrected chi connectivity index (χ1v) is 11.5. The number of ether oxygens (including phenoxy) is 1. The Morgan fingerprint density at radius 2 is 2.24 bits per heavy atom. The van der Waals surface area contributed by atoms with E-state index >= 15 is 0 Å². The second-order valence-electron chi connectivity index (χ2n) is 8.21. The smallest absolute Gasteiger partial charge is 0.224 e. The zero-order valence-corrected chi connectivity index (χ0v) is 18.8. The number of thiophene rings is 1. The highest BCUT2D eigenvalue weighted by atomic mass is 32.1. The van der Waals surface area contributed by atoms with Gasteiger partial charge in [0.2, 0.25) is 5.91 Å². The Morgan fingerprint density at radius 1 is 1.38 bits per heavy atom. The first-order chi connectivity index (χ1) is 14.0. The highest BCUT2D eigenvalue weighted by Crippen LogP contribution is 2.24. The summed E-state index contributed by atoms with van der Waals surface area (Å²) in [5.41, 5.74) is 1.30. The highest BCUT2D eigenvalue weighted by Gasteiger charge is 2.22. The van der Waals surface area contributed by atoms with Crippen LogP contribution in [0.15, 0.2) is 16.4 Å². The van der Waals surface area contributed by atoms with Gasteiger partial charge in [-0.25, -0.2) is 0 Å². The number of nitrogens with one attached hydrogen (secondary N) is 2. The van der Waals surface area contributed by atoms with Gasteiger partial charge in [0.05, 0.1) is 12.7 Å². The van der Waals surface area contributed by atoms with Gasteiger partial charge in [-0.1, -0.05) is 13.8 Å². The maximum atomic E-state index is 12.5. The molecule has 3 rings (SSSR count). The maximum Gasteiger partial charge on any atom is 0.224 e. The first kappa shape index (κ1) is 22.1. The summed E-state index contributed by atoms with van der Waals surface area (Å²) < 4.78 is 5.88. The van der Waals surface area contributed by atoms with Crippen molar-refractivity contribution in [1.29, 1.82) is 0 Å². The van der Waals surface area contributed by atoms with Gasteiger partial charge >= 0.3 is 0 Å².